The van der Waals surface area contributed by atoms with E-state index < -0.39 is 0 Å². The predicted octanol–water partition coefficient (Wildman–Crippen LogP) is 0.352. The molecule has 0 aromatic rings. The molecule has 13 heavy (non-hydrogen) atoms. The van der Waals surface area contributed by atoms with Crippen molar-refractivity contribution in [2.75, 3.05) is 33.2 Å². The minimum Gasteiger partial charge on any atom is -0.323 e. The van der Waals surface area contributed by atoms with Crippen molar-refractivity contribution >= 4 is 6.03 Å². The Morgan fingerprint density at radius 1 is 1.46 bits per heavy atom. The molecule has 76 valence electrons. The van der Waals surface area contributed by atoms with E-state index in [0.717, 1.165) is 26.2 Å². The van der Waals surface area contributed by atoms with E-state index in [1.54, 1.807) is 0 Å². The Kier molecular flexibility index (Phi) is 3.54. The second-order valence-electron chi connectivity index (χ2n) is 3.50. The molecule has 0 radical (unpaired) electrons. The first-order valence-corrected chi connectivity index (χ1v) is 4.90. The van der Waals surface area contributed by atoms with Gasteiger partial charge in [-0.05, 0) is 20.9 Å². The Morgan fingerprint density at radius 2 is 2.08 bits per heavy atom. The number of rotatable bonds is 4. The molecule has 1 heterocycles. The van der Waals surface area contributed by atoms with Crippen LogP contribution in [-0.4, -0.2) is 55.1 Å². The van der Waals surface area contributed by atoms with Crippen LogP contribution in [-0.2, 0) is 0 Å². The minimum absolute atomic E-state index is 0.185. The van der Waals surface area contributed by atoms with Crippen LogP contribution in [0, 0.1) is 0 Å². The normalized spacial score (nSPS) is 19.8. The van der Waals surface area contributed by atoms with Gasteiger partial charge in [0.1, 0.15) is 0 Å². The highest BCUT2D eigenvalue weighted by atomic mass is 16.2. The van der Waals surface area contributed by atoms with Gasteiger partial charge in [-0.2, -0.15) is 0 Å². The van der Waals surface area contributed by atoms with E-state index in [2.05, 4.69) is 12.2 Å². The highest BCUT2D eigenvalue weighted by molar-refractivity contribution is 5.76. The smallest absolute Gasteiger partial charge is 0.320 e. The molecule has 1 atom stereocenters. The van der Waals surface area contributed by atoms with Crippen LogP contribution in [0.15, 0.2) is 0 Å². The third-order valence-electron chi connectivity index (χ3n) is 2.55. The Bertz CT molecular complexity index is 184. The largest absolute Gasteiger partial charge is 0.323 e. The van der Waals surface area contributed by atoms with Gasteiger partial charge in [0.25, 0.3) is 0 Å². The van der Waals surface area contributed by atoms with Crippen molar-refractivity contribution in [1.29, 1.82) is 0 Å². The van der Waals surface area contributed by atoms with Gasteiger partial charge < -0.3 is 15.1 Å². The summed E-state index contributed by atoms with van der Waals surface area (Å²) in [6.45, 7) is 7.49. The molecule has 1 aliphatic rings. The molecule has 0 aromatic heterocycles. The minimum atomic E-state index is 0.185. The van der Waals surface area contributed by atoms with Crippen LogP contribution in [0.1, 0.15) is 13.8 Å². The third kappa shape index (κ3) is 2.34. The van der Waals surface area contributed by atoms with Crippen molar-refractivity contribution in [3.8, 4) is 0 Å². The van der Waals surface area contributed by atoms with Crippen LogP contribution < -0.4 is 5.32 Å². The summed E-state index contributed by atoms with van der Waals surface area (Å²) < 4.78 is 0. The maximum absolute atomic E-state index is 11.6. The number of carbonyl (C=O) groups is 1. The molecule has 0 spiro atoms. The third-order valence-corrected chi connectivity index (χ3v) is 2.55. The first kappa shape index (κ1) is 10.3. The van der Waals surface area contributed by atoms with E-state index in [1.165, 1.54) is 0 Å². The van der Waals surface area contributed by atoms with Crippen molar-refractivity contribution in [1.82, 2.24) is 15.1 Å². The number of nitrogens with one attached hydrogen (secondary N) is 1. The Balaban J connectivity index is 2.41. The first-order chi connectivity index (χ1) is 6.19. The molecular weight excluding hydrogens is 166 g/mol. The fraction of sp³-hybridized carbons (Fsp3) is 0.889. The van der Waals surface area contributed by atoms with E-state index in [-0.39, 0.29) is 6.03 Å². The van der Waals surface area contributed by atoms with Gasteiger partial charge in [0, 0.05) is 32.2 Å². The number of hydrogen-bond acceptors (Lipinski definition) is 2. The maximum atomic E-state index is 11.6. The van der Waals surface area contributed by atoms with Crippen molar-refractivity contribution in [3.63, 3.8) is 0 Å². The second kappa shape index (κ2) is 4.46. The molecule has 0 aromatic carbocycles. The molecule has 4 nitrogen and oxygen atoms in total. The molecule has 1 aliphatic heterocycles. The van der Waals surface area contributed by atoms with E-state index in [9.17, 15) is 4.79 Å². The van der Waals surface area contributed by atoms with Crippen LogP contribution >= 0.6 is 0 Å². The molecule has 0 saturated carbocycles. The number of nitrogens with zero attached hydrogens (tertiary/aromatic N) is 2. The van der Waals surface area contributed by atoms with Gasteiger partial charge in [0.05, 0.1) is 0 Å². The Morgan fingerprint density at radius 3 is 2.54 bits per heavy atom. The fourth-order valence-corrected chi connectivity index (χ4v) is 1.52. The lowest BCUT2D eigenvalue weighted by molar-refractivity contribution is 0.190. The molecule has 1 N–H and O–H groups in total. The lowest BCUT2D eigenvalue weighted by atomic mass is 10.3. The van der Waals surface area contributed by atoms with E-state index in [1.807, 2.05) is 23.8 Å². The lowest BCUT2D eigenvalue weighted by Crippen LogP contribution is -2.40. The highest BCUT2D eigenvalue weighted by Gasteiger charge is 2.27. The van der Waals surface area contributed by atoms with Crippen molar-refractivity contribution in [2.24, 2.45) is 0 Å². The van der Waals surface area contributed by atoms with Gasteiger partial charge in [0.2, 0.25) is 0 Å². The standard InChI is InChI=1S/C9H19N3O/c1-4-11-5-6-12(9(11)13)7-8(2)10-3/h8,10H,4-7H2,1-3H3. The second-order valence-corrected chi connectivity index (χ2v) is 3.50. The zero-order valence-electron chi connectivity index (χ0n) is 8.71. The van der Waals surface area contributed by atoms with Crippen LogP contribution in [0.5, 0.6) is 0 Å². The predicted molar refractivity (Wildman–Crippen MR) is 52.7 cm³/mol. The van der Waals surface area contributed by atoms with E-state index in [0.29, 0.717) is 6.04 Å². The summed E-state index contributed by atoms with van der Waals surface area (Å²) in [5.74, 6) is 0. The summed E-state index contributed by atoms with van der Waals surface area (Å²) in [5.41, 5.74) is 0. The summed E-state index contributed by atoms with van der Waals surface area (Å²) in [6.07, 6.45) is 0. The van der Waals surface area contributed by atoms with Crippen molar-refractivity contribution < 1.29 is 4.79 Å². The van der Waals surface area contributed by atoms with Crippen molar-refractivity contribution in [2.45, 2.75) is 19.9 Å². The van der Waals surface area contributed by atoms with Crippen molar-refractivity contribution in [3.05, 3.63) is 0 Å². The van der Waals surface area contributed by atoms with Crippen LogP contribution in [0.4, 0.5) is 4.79 Å². The van der Waals surface area contributed by atoms with Crippen LogP contribution in [0.2, 0.25) is 0 Å². The molecule has 0 aliphatic carbocycles. The average molecular weight is 185 g/mol. The average Bonchev–Trinajstić information content (AvgIpc) is 2.48. The summed E-state index contributed by atoms with van der Waals surface area (Å²) in [5, 5.41) is 3.13. The number of likely N-dealkylation sites (N-methyl/N-ethyl adjacent to an activating group) is 2. The molecule has 4 heteroatoms. The Labute approximate surface area is 79.9 Å². The summed E-state index contributed by atoms with van der Waals surface area (Å²) in [6, 6.07) is 0.561. The summed E-state index contributed by atoms with van der Waals surface area (Å²) in [4.78, 5) is 15.4. The molecular formula is C9H19N3O. The van der Waals surface area contributed by atoms with Gasteiger partial charge in [-0.1, -0.05) is 0 Å². The number of urea groups is 1. The first-order valence-electron chi connectivity index (χ1n) is 4.90. The number of carbonyl (C=O) groups excluding carboxylic acids is 1. The molecule has 0 bridgehead atoms. The fourth-order valence-electron chi connectivity index (χ4n) is 1.52. The SMILES string of the molecule is CCN1CCN(CC(C)NC)C1=O. The number of amides is 2. The molecule has 1 saturated heterocycles. The molecule has 1 unspecified atom stereocenters. The molecule has 1 fully saturated rings. The van der Waals surface area contributed by atoms with Gasteiger partial charge in [-0.15, -0.1) is 0 Å². The maximum Gasteiger partial charge on any atom is 0.320 e. The van der Waals surface area contributed by atoms with Gasteiger partial charge in [-0.3, -0.25) is 0 Å². The monoisotopic (exact) mass is 185 g/mol. The van der Waals surface area contributed by atoms with Crippen LogP contribution in [0.25, 0.3) is 0 Å². The molecule has 2 amide bonds. The Hall–Kier alpha value is -0.770. The number of hydrogen-bond donors (Lipinski definition) is 1. The molecule has 1 rings (SSSR count). The van der Waals surface area contributed by atoms with E-state index >= 15 is 0 Å². The van der Waals surface area contributed by atoms with Gasteiger partial charge in [0.15, 0.2) is 0 Å². The summed E-state index contributed by atoms with van der Waals surface area (Å²) >= 11 is 0. The highest BCUT2D eigenvalue weighted by Crippen LogP contribution is 2.08. The zero-order valence-corrected chi connectivity index (χ0v) is 8.71. The van der Waals surface area contributed by atoms with Gasteiger partial charge in [-0.25, -0.2) is 4.79 Å². The topological polar surface area (TPSA) is 35.6 Å². The van der Waals surface area contributed by atoms with Gasteiger partial charge >= 0.3 is 6.03 Å². The zero-order chi connectivity index (χ0) is 9.84. The lowest BCUT2D eigenvalue weighted by Gasteiger charge is -2.20. The van der Waals surface area contributed by atoms with Crippen LogP contribution in [0.3, 0.4) is 0 Å². The quantitative estimate of drug-likeness (QED) is 0.686. The van der Waals surface area contributed by atoms with E-state index in [4.69, 9.17) is 0 Å². The summed E-state index contributed by atoms with van der Waals surface area (Å²) in [7, 11) is 1.92.